The minimum absolute atomic E-state index is 0.214. The number of hydrogen-bond acceptors (Lipinski definition) is 2. The second-order valence-corrected chi connectivity index (χ2v) is 4.99. The van der Waals surface area contributed by atoms with Gasteiger partial charge in [0.2, 0.25) is 0 Å². The van der Waals surface area contributed by atoms with E-state index in [9.17, 15) is 4.79 Å². The van der Waals surface area contributed by atoms with Crippen molar-refractivity contribution < 1.29 is 4.79 Å². The highest BCUT2D eigenvalue weighted by Crippen LogP contribution is 2.18. The van der Waals surface area contributed by atoms with E-state index in [0.717, 1.165) is 0 Å². The molecule has 0 aliphatic heterocycles. The molecule has 1 rings (SSSR count). The number of nitrogens with two attached hydrogens (primary N) is 1. The SMILES string of the molecule is CCC(CC)(NC(=O)c1cccc(Cl)c1)C(N)=S. The molecule has 0 saturated heterocycles. The summed E-state index contributed by atoms with van der Waals surface area (Å²) in [5, 5.41) is 3.43. The maximum atomic E-state index is 12.1. The first-order valence-electron chi connectivity index (χ1n) is 5.83. The van der Waals surface area contributed by atoms with E-state index in [4.69, 9.17) is 29.6 Å². The fraction of sp³-hybridized carbons (Fsp3) is 0.385. The second-order valence-electron chi connectivity index (χ2n) is 4.12. The Morgan fingerprint density at radius 3 is 2.50 bits per heavy atom. The van der Waals surface area contributed by atoms with Crippen LogP contribution in [0.1, 0.15) is 37.0 Å². The van der Waals surface area contributed by atoms with Crippen molar-refractivity contribution in [2.75, 3.05) is 0 Å². The average Bonchev–Trinajstić information content (AvgIpc) is 2.35. The molecule has 18 heavy (non-hydrogen) atoms. The Balaban J connectivity index is 2.95. The number of hydrogen-bond donors (Lipinski definition) is 2. The molecule has 0 unspecified atom stereocenters. The third kappa shape index (κ3) is 3.21. The van der Waals surface area contributed by atoms with E-state index in [-0.39, 0.29) is 5.91 Å². The van der Waals surface area contributed by atoms with Crippen LogP contribution in [0.4, 0.5) is 0 Å². The van der Waals surface area contributed by atoms with Crippen molar-refractivity contribution in [1.29, 1.82) is 0 Å². The van der Waals surface area contributed by atoms with Crippen LogP contribution in [0.15, 0.2) is 24.3 Å². The lowest BCUT2D eigenvalue weighted by molar-refractivity contribution is 0.0920. The molecule has 3 nitrogen and oxygen atoms in total. The van der Waals surface area contributed by atoms with Crippen LogP contribution in [0.3, 0.4) is 0 Å². The van der Waals surface area contributed by atoms with Gasteiger partial charge in [-0.1, -0.05) is 43.7 Å². The highest BCUT2D eigenvalue weighted by molar-refractivity contribution is 7.80. The van der Waals surface area contributed by atoms with Gasteiger partial charge in [-0.3, -0.25) is 4.79 Å². The molecule has 0 bridgehead atoms. The standard InChI is InChI=1S/C13H17ClN2OS/c1-3-13(4-2,12(15)18)16-11(17)9-6-5-7-10(14)8-9/h5-8H,3-4H2,1-2H3,(H2,15,18)(H,16,17). The third-order valence-electron chi connectivity index (χ3n) is 3.12. The number of amides is 1. The lowest BCUT2D eigenvalue weighted by Gasteiger charge is -2.31. The molecule has 1 aromatic carbocycles. The molecule has 0 aliphatic rings. The van der Waals surface area contributed by atoms with Gasteiger partial charge in [0.05, 0.1) is 10.5 Å². The molecule has 0 fully saturated rings. The van der Waals surface area contributed by atoms with Crippen LogP contribution in [0.2, 0.25) is 5.02 Å². The number of carbonyl (C=O) groups is 1. The minimum atomic E-state index is -0.630. The van der Waals surface area contributed by atoms with Crippen LogP contribution >= 0.6 is 23.8 Å². The van der Waals surface area contributed by atoms with Gasteiger partial charge in [0.15, 0.2) is 0 Å². The van der Waals surface area contributed by atoms with Crippen LogP contribution in [-0.4, -0.2) is 16.4 Å². The normalized spacial score (nSPS) is 11.1. The predicted molar refractivity (Wildman–Crippen MR) is 79.0 cm³/mol. The van der Waals surface area contributed by atoms with E-state index in [2.05, 4.69) is 5.32 Å². The lowest BCUT2D eigenvalue weighted by atomic mass is 9.92. The minimum Gasteiger partial charge on any atom is -0.391 e. The van der Waals surface area contributed by atoms with Crippen LogP contribution in [0.25, 0.3) is 0 Å². The van der Waals surface area contributed by atoms with Crippen LogP contribution in [0, 0.1) is 0 Å². The van der Waals surface area contributed by atoms with Crippen molar-refractivity contribution in [3.63, 3.8) is 0 Å². The molecule has 1 aromatic rings. The van der Waals surface area contributed by atoms with Crippen molar-refractivity contribution in [3.8, 4) is 0 Å². The van der Waals surface area contributed by atoms with Gasteiger partial charge in [0.1, 0.15) is 0 Å². The summed E-state index contributed by atoms with van der Waals surface area (Å²) in [4.78, 5) is 12.5. The molecule has 5 heteroatoms. The maximum Gasteiger partial charge on any atom is 0.252 e. The molecule has 0 aliphatic carbocycles. The van der Waals surface area contributed by atoms with Crippen molar-refractivity contribution in [1.82, 2.24) is 5.32 Å². The maximum absolute atomic E-state index is 12.1. The molecule has 3 N–H and O–H groups in total. The summed E-state index contributed by atoms with van der Waals surface area (Å²) >= 11 is 10.9. The first kappa shape index (κ1) is 14.9. The van der Waals surface area contributed by atoms with Crippen molar-refractivity contribution in [3.05, 3.63) is 34.9 Å². The molecule has 0 radical (unpaired) electrons. The Labute approximate surface area is 118 Å². The first-order chi connectivity index (χ1) is 8.45. The van der Waals surface area contributed by atoms with Crippen LogP contribution < -0.4 is 11.1 Å². The summed E-state index contributed by atoms with van der Waals surface area (Å²) in [5.74, 6) is -0.214. The van der Waals surface area contributed by atoms with Gasteiger partial charge in [-0.2, -0.15) is 0 Å². The van der Waals surface area contributed by atoms with Crippen molar-refractivity contribution >= 4 is 34.7 Å². The van der Waals surface area contributed by atoms with Gasteiger partial charge in [-0.15, -0.1) is 0 Å². The number of benzene rings is 1. The molecular formula is C13H17ClN2OS. The number of thiocarbonyl (C=S) groups is 1. The van der Waals surface area contributed by atoms with E-state index in [1.807, 2.05) is 13.8 Å². The van der Waals surface area contributed by atoms with Crippen LogP contribution in [0.5, 0.6) is 0 Å². The fourth-order valence-corrected chi connectivity index (χ4v) is 2.29. The Kier molecular flexibility index (Phi) is 5.11. The van der Waals surface area contributed by atoms with E-state index >= 15 is 0 Å². The summed E-state index contributed by atoms with van der Waals surface area (Å²) in [7, 11) is 0. The smallest absolute Gasteiger partial charge is 0.252 e. The number of rotatable bonds is 5. The largest absolute Gasteiger partial charge is 0.391 e. The van der Waals surface area contributed by atoms with Gasteiger partial charge in [0.25, 0.3) is 5.91 Å². The molecule has 1 amide bonds. The second kappa shape index (κ2) is 6.16. The zero-order chi connectivity index (χ0) is 13.8. The zero-order valence-corrected chi connectivity index (χ0v) is 12.1. The Bertz CT molecular complexity index is 458. The lowest BCUT2D eigenvalue weighted by Crippen LogP contribution is -2.55. The third-order valence-corrected chi connectivity index (χ3v) is 3.74. The molecular weight excluding hydrogens is 268 g/mol. The predicted octanol–water partition coefficient (Wildman–Crippen LogP) is 2.91. The summed E-state index contributed by atoms with van der Waals surface area (Å²) in [6.07, 6.45) is 1.32. The summed E-state index contributed by atoms with van der Waals surface area (Å²) < 4.78 is 0. The quantitative estimate of drug-likeness (QED) is 0.818. The summed E-state index contributed by atoms with van der Waals surface area (Å²) in [6.45, 7) is 3.89. The zero-order valence-electron chi connectivity index (χ0n) is 10.5. The van der Waals surface area contributed by atoms with Gasteiger partial charge in [-0.05, 0) is 31.0 Å². The number of carbonyl (C=O) groups excluding carboxylic acids is 1. The Morgan fingerprint density at radius 2 is 2.06 bits per heavy atom. The first-order valence-corrected chi connectivity index (χ1v) is 6.61. The van der Waals surface area contributed by atoms with Gasteiger partial charge >= 0.3 is 0 Å². The summed E-state index contributed by atoms with van der Waals surface area (Å²) in [6, 6.07) is 6.78. The molecule has 0 atom stereocenters. The van der Waals surface area contributed by atoms with Crippen molar-refractivity contribution in [2.24, 2.45) is 5.73 Å². The summed E-state index contributed by atoms with van der Waals surface area (Å²) in [5.41, 5.74) is 5.61. The monoisotopic (exact) mass is 284 g/mol. The van der Waals surface area contributed by atoms with E-state index in [1.165, 1.54) is 0 Å². The average molecular weight is 285 g/mol. The fourth-order valence-electron chi connectivity index (χ4n) is 1.76. The van der Waals surface area contributed by atoms with Gasteiger partial charge < -0.3 is 11.1 Å². The Hall–Kier alpha value is -1.13. The topological polar surface area (TPSA) is 55.1 Å². The molecule has 0 aromatic heterocycles. The van der Waals surface area contributed by atoms with Crippen LogP contribution in [-0.2, 0) is 0 Å². The highest BCUT2D eigenvalue weighted by atomic mass is 35.5. The van der Waals surface area contributed by atoms with E-state index in [0.29, 0.717) is 28.4 Å². The number of nitrogens with one attached hydrogen (secondary N) is 1. The van der Waals surface area contributed by atoms with E-state index < -0.39 is 5.54 Å². The number of halogens is 1. The van der Waals surface area contributed by atoms with Crippen molar-refractivity contribution in [2.45, 2.75) is 32.2 Å². The molecule has 0 spiro atoms. The highest BCUT2D eigenvalue weighted by Gasteiger charge is 2.31. The van der Waals surface area contributed by atoms with Gasteiger partial charge in [0, 0.05) is 10.6 Å². The molecule has 98 valence electrons. The Morgan fingerprint density at radius 1 is 1.44 bits per heavy atom. The molecule has 0 heterocycles. The van der Waals surface area contributed by atoms with E-state index in [1.54, 1.807) is 24.3 Å². The van der Waals surface area contributed by atoms with Gasteiger partial charge in [-0.25, -0.2) is 0 Å². The molecule has 0 saturated carbocycles.